The normalized spacial score (nSPS) is 11.1. The molecule has 0 amide bonds. The monoisotopic (exact) mass is 335 g/mol. The van der Waals surface area contributed by atoms with E-state index in [4.69, 9.17) is 4.98 Å². The van der Waals surface area contributed by atoms with E-state index in [2.05, 4.69) is 30.6 Å². The number of fused-ring (bicyclic) bond motifs is 1. The molecule has 126 valence electrons. The van der Waals surface area contributed by atoms with Crippen LogP contribution in [-0.2, 0) is 13.6 Å². The maximum atomic E-state index is 4.72. The third kappa shape index (κ3) is 2.91. The number of rotatable bonds is 5. The number of aryl methyl sites for hydroxylation is 2. The quantitative estimate of drug-likeness (QED) is 0.589. The SMILES string of the molecule is Cc1nn(C)c2nc(-c3ccncc3)nc(NCCn3cnnc3)c12. The van der Waals surface area contributed by atoms with Crippen molar-refractivity contribution < 1.29 is 0 Å². The van der Waals surface area contributed by atoms with Gasteiger partial charge in [0, 0.05) is 38.1 Å². The molecule has 1 N–H and O–H groups in total. The van der Waals surface area contributed by atoms with E-state index in [1.165, 1.54) is 0 Å². The molecule has 0 aliphatic heterocycles. The number of pyridine rings is 1. The summed E-state index contributed by atoms with van der Waals surface area (Å²) >= 11 is 0. The Kier molecular flexibility index (Phi) is 3.81. The fourth-order valence-electron chi connectivity index (χ4n) is 2.74. The predicted molar refractivity (Wildman–Crippen MR) is 92.8 cm³/mol. The van der Waals surface area contributed by atoms with Crippen molar-refractivity contribution in [3.8, 4) is 11.4 Å². The van der Waals surface area contributed by atoms with Crippen LogP contribution >= 0.6 is 0 Å². The Morgan fingerprint density at radius 2 is 1.84 bits per heavy atom. The zero-order chi connectivity index (χ0) is 17.2. The van der Waals surface area contributed by atoms with Crippen molar-refractivity contribution in [2.75, 3.05) is 11.9 Å². The van der Waals surface area contributed by atoms with Gasteiger partial charge in [-0.25, -0.2) is 9.97 Å². The highest BCUT2D eigenvalue weighted by atomic mass is 15.3. The molecule has 0 radical (unpaired) electrons. The van der Waals surface area contributed by atoms with Crippen LogP contribution in [0.4, 0.5) is 5.82 Å². The lowest BCUT2D eigenvalue weighted by Gasteiger charge is -2.10. The van der Waals surface area contributed by atoms with E-state index in [0.717, 1.165) is 34.7 Å². The average molecular weight is 335 g/mol. The number of anilines is 1. The Balaban J connectivity index is 1.72. The molecule has 0 aromatic carbocycles. The van der Waals surface area contributed by atoms with Gasteiger partial charge >= 0.3 is 0 Å². The first-order valence-electron chi connectivity index (χ1n) is 7.90. The summed E-state index contributed by atoms with van der Waals surface area (Å²) in [6.07, 6.45) is 6.84. The van der Waals surface area contributed by atoms with Crippen molar-refractivity contribution >= 4 is 16.9 Å². The summed E-state index contributed by atoms with van der Waals surface area (Å²) in [6.45, 7) is 3.39. The van der Waals surface area contributed by atoms with Gasteiger partial charge in [-0.3, -0.25) is 9.67 Å². The molecule has 0 atom stereocenters. The first-order valence-corrected chi connectivity index (χ1v) is 7.90. The Hall–Kier alpha value is -3.36. The fourth-order valence-corrected chi connectivity index (χ4v) is 2.74. The van der Waals surface area contributed by atoms with Gasteiger partial charge in [-0.05, 0) is 19.1 Å². The molecule has 0 spiro atoms. The second-order valence-electron chi connectivity index (χ2n) is 5.67. The van der Waals surface area contributed by atoms with E-state index in [1.807, 2.05) is 30.7 Å². The maximum absolute atomic E-state index is 4.72. The summed E-state index contributed by atoms with van der Waals surface area (Å²) in [5.74, 6) is 1.42. The lowest BCUT2D eigenvalue weighted by atomic mass is 10.2. The topological polar surface area (TPSA) is 99.2 Å². The molecule has 0 aliphatic rings. The molecular weight excluding hydrogens is 318 g/mol. The molecule has 4 aromatic heterocycles. The standard InChI is InChI=1S/C16H17N9/c1-11-13-15(18-7-8-25-9-19-20-10-25)21-14(12-3-5-17-6-4-12)22-16(13)24(2)23-11/h3-6,9-10H,7-8H2,1-2H3,(H,18,21,22). The first-order chi connectivity index (χ1) is 12.2. The van der Waals surface area contributed by atoms with Crippen LogP contribution in [0.2, 0.25) is 0 Å². The predicted octanol–water partition coefficient (Wildman–Crippen LogP) is 1.44. The summed E-state index contributed by atoms with van der Waals surface area (Å²) < 4.78 is 3.69. The Morgan fingerprint density at radius 1 is 1.08 bits per heavy atom. The molecule has 4 aromatic rings. The summed E-state index contributed by atoms with van der Waals surface area (Å²) in [5.41, 5.74) is 2.61. The minimum atomic E-state index is 0.643. The Labute approximate surface area is 143 Å². The van der Waals surface area contributed by atoms with Crippen molar-refractivity contribution in [2.24, 2.45) is 7.05 Å². The van der Waals surface area contributed by atoms with Gasteiger partial charge in [-0.1, -0.05) is 0 Å². The van der Waals surface area contributed by atoms with Crippen LogP contribution in [0.15, 0.2) is 37.2 Å². The van der Waals surface area contributed by atoms with Crippen LogP contribution in [0.25, 0.3) is 22.4 Å². The van der Waals surface area contributed by atoms with Gasteiger partial charge in [0.25, 0.3) is 0 Å². The molecule has 4 rings (SSSR count). The van der Waals surface area contributed by atoms with E-state index >= 15 is 0 Å². The Bertz CT molecular complexity index is 990. The number of hydrogen-bond donors (Lipinski definition) is 1. The zero-order valence-corrected chi connectivity index (χ0v) is 14.0. The van der Waals surface area contributed by atoms with E-state index in [0.29, 0.717) is 12.4 Å². The van der Waals surface area contributed by atoms with Gasteiger partial charge in [0.15, 0.2) is 11.5 Å². The summed E-state index contributed by atoms with van der Waals surface area (Å²) in [7, 11) is 1.89. The van der Waals surface area contributed by atoms with E-state index in [1.54, 1.807) is 29.7 Å². The lowest BCUT2D eigenvalue weighted by Crippen LogP contribution is -2.11. The lowest BCUT2D eigenvalue weighted by molar-refractivity contribution is 0.723. The van der Waals surface area contributed by atoms with Gasteiger partial charge in [0.2, 0.25) is 0 Å². The van der Waals surface area contributed by atoms with E-state index in [-0.39, 0.29) is 0 Å². The molecule has 9 heteroatoms. The number of hydrogen-bond acceptors (Lipinski definition) is 7. The minimum absolute atomic E-state index is 0.643. The molecule has 9 nitrogen and oxygen atoms in total. The third-order valence-corrected chi connectivity index (χ3v) is 3.93. The Morgan fingerprint density at radius 3 is 2.60 bits per heavy atom. The van der Waals surface area contributed by atoms with Crippen molar-refractivity contribution in [1.82, 2.24) is 39.5 Å². The number of nitrogens with zero attached hydrogens (tertiary/aromatic N) is 8. The molecule has 4 heterocycles. The number of aromatic nitrogens is 8. The zero-order valence-electron chi connectivity index (χ0n) is 14.0. The van der Waals surface area contributed by atoms with Crippen LogP contribution in [0.3, 0.4) is 0 Å². The fraction of sp³-hybridized carbons (Fsp3) is 0.250. The van der Waals surface area contributed by atoms with Gasteiger partial charge in [0.1, 0.15) is 18.5 Å². The second kappa shape index (κ2) is 6.27. The molecule has 0 aliphatic carbocycles. The molecule has 25 heavy (non-hydrogen) atoms. The molecule has 0 bridgehead atoms. The second-order valence-corrected chi connectivity index (χ2v) is 5.67. The van der Waals surface area contributed by atoms with Crippen LogP contribution in [0.1, 0.15) is 5.69 Å². The highest BCUT2D eigenvalue weighted by molar-refractivity contribution is 5.90. The van der Waals surface area contributed by atoms with Crippen molar-refractivity contribution in [2.45, 2.75) is 13.5 Å². The smallest absolute Gasteiger partial charge is 0.164 e. The number of nitrogens with one attached hydrogen (secondary N) is 1. The highest BCUT2D eigenvalue weighted by Crippen LogP contribution is 2.26. The largest absolute Gasteiger partial charge is 0.368 e. The van der Waals surface area contributed by atoms with Crippen molar-refractivity contribution in [3.63, 3.8) is 0 Å². The average Bonchev–Trinajstić information content (AvgIpc) is 3.24. The molecule has 0 saturated heterocycles. The maximum Gasteiger partial charge on any atom is 0.164 e. The summed E-state index contributed by atoms with van der Waals surface area (Å²) in [6, 6.07) is 3.79. The molecule has 0 saturated carbocycles. The van der Waals surface area contributed by atoms with Crippen LogP contribution < -0.4 is 5.32 Å². The van der Waals surface area contributed by atoms with E-state index in [9.17, 15) is 0 Å². The highest BCUT2D eigenvalue weighted by Gasteiger charge is 2.15. The van der Waals surface area contributed by atoms with Crippen LogP contribution in [-0.4, -0.2) is 46.0 Å². The first kappa shape index (κ1) is 15.2. The minimum Gasteiger partial charge on any atom is -0.368 e. The van der Waals surface area contributed by atoms with Gasteiger partial charge < -0.3 is 9.88 Å². The van der Waals surface area contributed by atoms with Crippen molar-refractivity contribution in [1.29, 1.82) is 0 Å². The van der Waals surface area contributed by atoms with Crippen LogP contribution in [0, 0.1) is 6.92 Å². The molecular formula is C16H17N9. The molecule has 0 fully saturated rings. The van der Waals surface area contributed by atoms with E-state index < -0.39 is 0 Å². The van der Waals surface area contributed by atoms with Crippen LogP contribution in [0.5, 0.6) is 0 Å². The van der Waals surface area contributed by atoms with Gasteiger partial charge in [0.05, 0.1) is 11.1 Å². The van der Waals surface area contributed by atoms with Crippen molar-refractivity contribution in [3.05, 3.63) is 42.9 Å². The van der Waals surface area contributed by atoms with Gasteiger partial charge in [-0.2, -0.15) is 5.10 Å². The van der Waals surface area contributed by atoms with Gasteiger partial charge in [-0.15, -0.1) is 10.2 Å². The molecule has 0 unspecified atom stereocenters. The summed E-state index contributed by atoms with van der Waals surface area (Å²) in [4.78, 5) is 13.5. The summed E-state index contributed by atoms with van der Waals surface area (Å²) in [5, 5.41) is 16.4. The third-order valence-electron chi connectivity index (χ3n) is 3.93.